The SMILES string of the molecule is CCCCCC(O)Cc1ccccc1C. The minimum absolute atomic E-state index is 0.169. The van der Waals surface area contributed by atoms with E-state index in [4.69, 9.17) is 0 Å². The third kappa shape index (κ3) is 4.48. The monoisotopic (exact) mass is 206 g/mol. The van der Waals surface area contributed by atoms with E-state index in [1.165, 1.54) is 24.0 Å². The molecular formula is C14H22O. The van der Waals surface area contributed by atoms with Crippen LogP contribution in [0.1, 0.15) is 43.7 Å². The van der Waals surface area contributed by atoms with Crippen molar-refractivity contribution in [2.75, 3.05) is 0 Å². The second-order valence-electron chi connectivity index (χ2n) is 4.28. The number of benzene rings is 1. The van der Waals surface area contributed by atoms with E-state index in [0.29, 0.717) is 0 Å². The fourth-order valence-corrected chi connectivity index (χ4v) is 1.82. The second-order valence-corrected chi connectivity index (χ2v) is 4.28. The molecule has 1 atom stereocenters. The molecule has 84 valence electrons. The number of aryl methyl sites for hydroxylation is 1. The molecule has 0 amide bonds. The highest BCUT2D eigenvalue weighted by Crippen LogP contribution is 2.13. The summed E-state index contributed by atoms with van der Waals surface area (Å²) < 4.78 is 0. The molecule has 0 saturated heterocycles. The van der Waals surface area contributed by atoms with E-state index in [9.17, 15) is 5.11 Å². The van der Waals surface area contributed by atoms with Gasteiger partial charge in [0.2, 0.25) is 0 Å². The molecule has 0 saturated carbocycles. The van der Waals surface area contributed by atoms with Crippen LogP contribution in [0.2, 0.25) is 0 Å². The Labute approximate surface area is 93.1 Å². The van der Waals surface area contributed by atoms with Crippen molar-refractivity contribution < 1.29 is 5.11 Å². The maximum atomic E-state index is 9.85. The summed E-state index contributed by atoms with van der Waals surface area (Å²) in [4.78, 5) is 0. The number of aliphatic hydroxyl groups is 1. The van der Waals surface area contributed by atoms with Gasteiger partial charge in [0.25, 0.3) is 0 Å². The van der Waals surface area contributed by atoms with Gasteiger partial charge in [0.1, 0.15) is 0 Å². The Morgan fingerprint density at radius 3 is 2.60 bits per heavy atom. The van der Waals surface area contributed by atoms with E-state index >= 15 is 0 Å². The van der Waals surface area contributed by atoms with Gasteiger partial charge in [-0.15, -0.1) is 0 Å². The first-order valence-electron chi connectivity index (χ1n) is 5.96. The Morgan fingerprint density at radius 1 is 1.20 bits per heavy atom. The Hall–Kier alpha value is -0.820. The smallest absolute Gasteiger partial charge is 0.0580 e. The van der Waals surface area contributed by atoms with E-state index in [-0.39, 0.29) is 6.10 Å². The molecule has 0 radical (unpaired) electrons. The van der Waals surface area contributed by atoms with Crippen molar-refractivity contribution in [1.29, 1.82) is 0 Å². The van der Waals surface area contributed by atoms with Crippen molar-refractivity contribution in [3.8, 4) is 0 Å². The summed E-state index contributed by atoms with van der Waals surface area (Å²) in [6.45, 7) is 4.29. The molecule has 0 bridgehead atoms. The van der Waals surface area contributed by atoms with Gasteiger partial charge in [0, 0.05) is 0 Å². The molecule has 0 aliphatic carbocycles. The molecule has 1 unspecified atom stereocenters. The van der Waals surface area contributed by atoms with Crippen molar-refractivity contribution >= 4 is 0 Å². The molecule has 1 nitrogen and oxygen atoms in total. The van der Waals surface area contributed by atoms with Crippen LogP contribution in [-0.4, -0.2) is 11.2 Å². The van der Waals surface area contributed by atoms with Crippen molar-refractivity contribution in [2.45, 2.75) is 52.1 Å². The van der Waals surface area contributed by atoms with Gasteiger partial charge in [-0.05, 0) is 30.9 Å². The van der Waals surface area contributed by atoms with Crippen molar-refractivity contribution in [1.82, 2.24) is 0 Å². The van der Waals surface area contributed by atoms with E-state index in [2.05, 4.69) is 26.0 Å². The summed E-state index contributed by atoms with van der Waals surface area (Å²) in [5, 5.41) is 9.85. The molecular weight excluding hydrogens is 184 g/mol. The molecule has 0 aliphatic heterocycles. The van der Waals surface area contributed by atoms with Crippen LogP contribution in [0.25, 0.3) is 0 Å². The van der Waals surface area contributed by atoms with Gasteiger partial charge in [-0.25, -0.2) is 0 Å². The summed E-state index contributed by atoms with van der Waals surface area (Å²) in [5.74, 6) is 0. The largest absolute Gasteiger partial charge is 0.393 e. The normalized spacial score (nSPS) is 12.7. The molecule has 1 aromatic carbocycles. The highest BCUT2D eigenvalue weighted by molar-refractivity contribution is 5.26. The van der Waals surface area contributed by atoms with Crippen LogP contribution >= 0.6 is 0 Å². The van der Waals surface area contributed by atoms with Crippen molar-refractivity contribution in [3.05, 3.63) is 35.4 Å². The van der Waals surface area contributed by atoms with Gasteiger partial charge in [-0.3, -0.25) is 0 Å². The first-order chi connectivity index (χ1) is 7.24. The van der Waals surface area contributed by atoms with Crippen molar-refractivity contribution in [3.63, 3.8) is 0 Å². The molecule has 1 aromatic rings. The summed E-state index contributed by atoms with van der Waals surface area (Å²) in [5.41, 5.74) is 2.56. The number of unbranched alkanes of at least 4 members (excludes halogenated alkanes) is 2. The summed E-state index contributed by atoms with van der Waals surface area (Å²) in [6, 6.07) is 8.30. The van der Waals surface area contributed by atoms with E-state index in [1.807, 2.05) is 12.1 Å². The predicted octanol–water partition coefficient (Wildman–Crippen LogP) is 3.48. The Balaban J connectivity index is 2.37. The molecule has 0 heterocycles. The molecule has 0 fully saturated rings. The van der Waals surface area contributed by atoms with Gasteiger partial charge >= 0.3 is 0 Å². The maximum absolute atomic E-state index is 9.85. The number of aliphatic hydroxyl groups excluding tert-OH is 1. The highest BCUT2D eigenvalue weighted by Gasteiger charge is 2.06. The topological polar surface area (TPSA) is 20.2 Å². The standard InChI is InChI=1S/C14H22O/c1-3-4-5-10-14(15)11-13-9-7-6-8-12(13)2/h6-9,14-15H,3-5,10-11H2,1-2H3. The van der Waals surface area contributed by atoms with Gasteiger partial charge in [0.15, 0.2) is 0 Å². The van der Waals surface area contributed by atoms with Crippen LogP contribution in [-0.2, 0) is 6.42 Å². The number of rotatable bonds is 6. The minimum atomic E-state index is -0.169. The summed E-state index contributed by atoms with van der Waals surface area (Å²) in [7, 11) is 0. The van der Waals surface area contributed by atoms with E-state index in [1.54, 1.807) is 0 Å². The molecule has 1 N–H and O–H groups in total. The lowest BCUT2D eigenvalue weighted by atomic mass is 9.99. The van der Waals surface area contributed by atoms with E-state index in [0.717, 1.165) is 19.3 Å². The van der Waals surface area contributed by atoms with Crippen LogP contribution in [0, 0.1) is 6.92 Å². The first-order valence-corrected chi connectivity index (χ1v) is 5.96. The summed E-state index contributed by atoms with van der Waals surface area (Å²) >= 11 is 0. The Kier molecular flexibility index (Phi) is 5.41. The highest BCUT2D eigenvalue weighted by atomic mass is 16.3. The zero-order chi connectivity index (χ0) is 11.1. The van der Waals surface area contributed by atoms with Crippen LogP contribution in [0.3, 0.4) is 0 Å². The fourth-order valence-electron chi connectivity index (χ4n) is 1.82. The van der Waals surface area contributed by atoms with Gasteiger partial charge in [-0.1, -0.05) is 50.5 Å². The number of hydrogen-bond donors (Lipinski definition) is 1. The average molecular weight is 206 g/mol. The predicted molar refractivity (Wildman–Crippen MR) is 65.0 cm³/mol. The number of hydrogen-bond acceptors (Lipinski definition) is 1. The Morgan fingerprint density at radius 2 is 1.93 bits per heavy atom. The second kappa shape index (κ2) is 6.62. The lowest BCUT2D eigenvalue weighted by molar-refractivity contribution is 0.161. The molecule has 1 rings (SSSR count). The molecule has 0 aromatic heterocycles. The van der Waals surface area contributed by atoms with Gasteiger partial charge in [0.05, 0.1) is 6.10 Å². The zero-order valence-electron chi connectivity index (χ0n) is 9.87. The van der Waals surface area contributed by atoms with Crippen LogP contribution < -0.4 is 0 Å². The third-order valence-electron chi connectivity index (χ3n) is 2.86. The first kappa shape index (κ1) is 12.3. The summed E-state index contributed by atoms with van der Waals surface area (Å²) in [6.07, 6.45) is 5.15. The molecule has 0 aliphatic rings. The molecule has 1 heteroatoms. The molecule has 15 heavy (non-hydrogen) atoms. The van der Waals surface area contributed by atoms with Crippen LogP contribution in [0.4, 0.5) is 0 Å². The quantitative estimate of drug-likeness (QED) is 0.706. The van der Waals surface area contributed by atoms with Crippen LogP contribution in [0.5, 0.6) is 0 Å². The molecule has 0 spiro atoms. The minimum Gasteiger partial charge on any atom is -0.393 e. The van der Waals surface area contributed by atoms with Gasteiger partial charge in [-0.2, -0.15) is 0 Å². The lowest BCUT2D eigenvalue weighted by Gasteiger charge is -2.11. The Bertz CT molecular complexity index is 280. The van der Waals surface area contributed by atoms with Crippen LogP contribution in [0.15, 0.2) is 24.3 Å². The lowest BCUT2D eigenvalue weighted by Crippen LogP contribution is -2.11. The average Bonchev–Trinajstić information content (AvgIpc) is 2.22. The fraction of sp³-hybridized carbons (Fsp3) is 0.571. The van der Waals surface area contributed by atoms with Gasteiger partial charge < -0.3 is 5.11 Å². The third-order valence-corrected chi connectivity index (χ3v) is 2.86. The van der Waals surface area contributed by atoms with E-state index < -0.39 is 0 Å². The zero-order valence-corrected chi connectivity index (χ0v) is 9.87. The maximum Gasteiger partial charge on any atom is 0.0580 e. The van der Waals surface area contributed by atoms with Crippen molar-refractivity contribution in [2.24, 2.45) is 0 Å².